The molecule has 2 nitrogen and oxygen atoms in total. The first kappa shape index (κ1) is 10.1. The van der Waals surface area contributed by atoms with Crippen molar-refractivity contribution in [1.82, 2.24) is 0 Å². The lowest BCUT2D eigenvalue weighted by atomic mass is 9.90. The number of fused-ring (bicyclic) bond motifs is 2. The van der Waals surface area contributed by atoms with Crippen molar-refractivity contribution < 1.29 is 9.90 Å². The van der Waals surface area contributed by atoms with Crippen molar-refractivity contribution in [2.45, 2.75) is 12.8 Å². The molecule has 1 aliphatic rings. The lowest BCUT2D eigenvalue weighted by Gasteiger charge is -2.15. The number of aliphatic carboxylic acids is 1. The Hall–Kier alpha value is -2.09. The number of hydrogen-bond donors (Lipinski definition) is 1. The van der Waals surface area contributed by atoms with E-state index in [0.717, 1.165) is 17.4 Å². The Morgan fingerprint density at radius 2 is 1.76 bits per heavy atom. The molecule has 0 aromatic heterocycles. The van der Waals surface area contributed by atoms with Crippen LogP contribution in [0.25, 0.3) is 16.8 Å². The molecule has 2 heteroatoms. The van der Waals surface area contributed by atoms with Crippen LogP contribution in [0.5, 0.6) is 0 Å². The molecule has 0 spiro atoms. The lowest BCUT2D eigenvalue weighted by Crippen LogP contribution is -2.07. The third-order valence-electron chi connectivity index (χ3n) is 3.28. The maximum atomic E-state index is 11.0. The molecule has 0 unspecified atom stereocenters. The van der Waals surface area contributed by atoms with E-state index in [1.165, 1.54) is 10.9 Å². The molecule has 0 saturated heterocycles. The fourth-order valence-corrected chi connectivity index (χ4v) is 2.35. The van der Waals surface area contributed by atoms with E-state index in [4.69, 9.17) is 5.11 Å². The van der Waals surface area contributed by atoms with Crippen LogP contribution in [0.4, 0.5) is 0 Å². The molecule has 0 aliphatic heterocycles. The van der Waals surface area contributed by atoms with E-state index >= 15 is 0 Å². The minimum absolute atomic E-state index is 0.507. The van der Waals surface area contributed by atoms with Crippen molar-refractivity contribution in [1.29, 1.82) is 0 Å². The van der Waals surface area contributed by atoms with E-state index in [9.17, 15) is 4.79 Å². The van der Waals surface area contributed by atoms with Crippen LogP contribution in [-0.4, -0.2) is 11.1 Å². The molecule has 2 aromatic carbocycles. The highest BCUT2D eigenvalue weighted by atomic mass is 16.4. The molecule has 0 heterocycles. The Balaban J connectivity index is 2.20. The molecule has 1 aliphatic carbocycles. The average Bonchev–Trinajstić information content (AvgIpc) is 2.35. The van der Waals surface area contributed by atoms with Crippen LogP contribution < -0.4 is 0 Å². The Kier molecular flexibility index (Phi) is 2.22. The van der Waals surface area contributed by atoms with Crippen molar-refractivity contribution in [2.24, 2.45) is 0 Å². The maximum Gasteiger partial charge on any atom is 0.331 e. The number of rotatable bonds is 1. The van der Waals surface area contributed by atoms with Crippen molar-refractivity contribution in [3.63, 3.8) is 0 Å². The number of carboxylic acid groups (broad SMARTS) is 1. The molecule has 0 saturated carbocycles. The van der Waals surface area contributed by atoms with E-state index in [2.05, 4.69) is 24.3 Å². The standard InChI is InChI=1S/C15H12O2/c16-15(17)13-6-5-12-7-10-3-1-2-4-11(10)8-14(12)9-13/h1-4,7-9H,5-6H2,(H,16,17). The largest absolute Gasteiger partial charge is 0.478 e. The molecular weight excluding hydrogens is 212 g/mol. The van der Waals surface area contributed by atoms with Gasteiger partial charge in [0.2, 0.25) is 0 Å². The zero-order valence-corrected chi connectivity index (χ0v) is 9.31. The summed E-state index contributed by atoms with van der Waals surface area (Å²) in [6, 6.07) is 12.4. The SMILES string of the molecule is O=C(O)C1=Cc2cc3ccccc3cc2CC1. The number of hydrogen-bond acceptors (Lipinski definition) is 1. The van der Waals surface area contributed by atoms with Gasteiger partial charge in [-0.25, -0.2) is 4.79 Å². The van der Waals surface area contributed by atoms with Gasteiger partial charge in [-0.15, -0.1) is 0 Å². The molecule has 0 bridgehead atoms. The number of benzene rings is 2. The number of aryl methyl sites for hydroxylation is 1. The van der Waals surface area contributed by atoms with Gasteiger partial charge in [0.1, 0.15) is 0 Å². The highest BCUT2D eigenvalue weighted by Crippen LogP contribution is 2.28. The third-order valence-corrected chi connectivity index (χ3v) is 3.28. The second-order valence-electron chi connectivity index (χ2n) is 4.37. The molecule has 0 fully saturated rings. The van der Waals surface area contributed by atoms with Gasteiger partial charge in [0.25, 0.3) is 0 Å². The van der Waals surface area contributed by atoms with Gasteiger partial charge in [0.05, 0.1) is 0 Å². The van der Waals surface area contributed by atoms with Crippen LogP contribution in [0.15, 0.2) is 42.0 Å². The molecule has 0 amide bonds. The van der Waals surface area contributed by atoms with Gasteiger partial charge >= 0.3 is 5.97 Å². The van der Waals surface area contributed by atoms with Gasteiger partial charge in [-0.1, -0.05) is 30.3 Å². The summed E-state index contributed by atoms with van der Waals surface area (Å²) in [6.45, 7) is 0. The summed E-state index contributed by atoms with van der Waals surface area (Å²) in [6.07, 6.45) is 3.24. The van der Waals surface area contributed by atoms with Crippen LogP contribution in [0.3, 0.4) is 0 Å². The predicted molar refractivity (Wildman–Crippen MR) is 67.9 cm³/mol. The van der Waals surface area contributed by atoms with E-state index < -0.39 is 5.97 Å². The van der Waals surface area contributed by atoms with Gasteiger partial charge in [0, 0.05) is 5.57 Å². The first-order valence-electron chi connectivity index (χ1n) is 5.69. The van der Waals surface area contributed by atoms with Crippen molar-refractivity contribution in [3.05, 3.63) is 53.1 Å². The molecule has 17 heavy (non-hydrogen) atoms. The summed E-state index contributed by atoms with van der Waals surface area (Å²) < 4.78 is 0. The van der Waals surface area contributed by atoms with Crippen LogP contribution >= 0.6 is 0 Å². The second kappa shape index (κ2) is 3.74. The first-order chi connectivity index (χ1) is 8.24. The highest BCUT2D eigenvalue weighted by molar-refractivity contribution is 5.95. The first-order valence-corrected chi connectivity index (χ1v) is 5.69. The Bertz CT molecular complexity index is 638. The molecule has 2 aromatic rings. The fraction of sp³-hybridized carbons (Fsp3) is 0.133. The minimum Gasteiger partial charge on any atom is -0.478 e. The van der Waals surface area contributed by atoms with Gasteiger partial charge in [-0.3, -0.25) is 0 Å². The number of carboxylic acids is 1. The Labute approximate surface area is 99.2 Å². The minimum atomic E-state index is -0.802. The zero-order valence-electron chi connectivity index (χ0n) is 9.31. The normalized spacial score (nSPS) is 14.2. The van der Waals surface area contributed by atoms with Crippen molar-refractivity contribution in [2.75, 3.05) is 0 Å². The predicted octanol–water partition coefficient (Wildman–Crippen LogP) is 3.25. The van der Waals surface area contributed by atoms with Crippen LogP contribution in [-0.2, 0) is 11.2 Å². The summed E-state index contributed by atoms with van der Waals surface area (Å²) in [7, 11) is 0. The zero-order chi connectivity index (χ0) is 11.8. The van der Waals surface area contributed by atoms with Gasteiger partial charge < -0.3 is 5.11 Å². The molecule has 1 N–H and O–H groups in total. The van der Waals surface area contributed by atoms with E-state index in [1.807, 2.05) is 12.1 Å². The lowest BCUT2D eigenvalue weighted by molar-refractivity contribution is -0.132. The smallest absolute Gasteiger partial charge is 0.331 e. The third kappa shape index (κ3) is 1.72. The summed E-state index contributed by atoms with van der Waals surface area (Å²) in [4.78, 5) is 11.0. The van der Waals surface area contributed by atoms with Crippen molar-refractivity contribution >= 4 is 22.8 Å². The molecular formula is C15H12O2. The average molecular weight is 224 g/mol. The van der Waals surface area contributed by atoms with Crippen LogP contribution in [0.2, 0.25) is 0 Å². The quantitative estimate of drug-likeness (QED) is 0.807. The molecule has 84 valence electrons. The second-order valence-corrected chi connectivity index (χ2v) is 4.37. The van der Waals surface area contributed by atoms with Gasteiger partial charge in [0.15, 0.2) is 0 Å². The summed E-state index contributed by atoms with van der Waals surface area (Å²) in [5.41, 5.74) is 2.80. The summed E-state index contributed by atoms with van der Waals surface area (Å²) >= 11 is 0. The molecule has 3 rings (SSSR count). The summed E-state index contributed by atoms with van der Waals surface area (Å²) in [5.74, 6) is -0.802. The summed E-state index contributed by atoms with van der Waals surface area (Å²) in [5, 5.41) is 11.4. The molecule has 0 radical (unpaired) electrons. The van der Waals surface area contributed by atoms with Gasteiger partial charge in [-0.2, -0.15) is 0 Å². The van der Waals surface area contributed by atoms with E-state index in [-0.39, 0.29) is 0 Å². The van der Waals surface area contributed by atoms with Crippen LogP contribution in [0, 0.1) is 0 Å². The topological polar surface area (TPSA) is 37.3 Å². The monoisotopic (exact) mass is 224 g/mol. The Morgan fingerprint density at radius 3 is 2.47 bits per heavy atom. The van der Waals surface area contributed by atoms with Crippen LogP contribution in [0.1, 0.15) is 17.5 Å². The molecule has 0 atom stereocenters. The van der Waals surface area contributed by atoms with Crippen molar-refractivity contribution in [3.8, 4) is 0 Å². The number of carbonyl (C=O) groups is 1. The van der Waals surface area contributed by atoms with E-state index in [0.29, 0.717) is 12.0 Å². The van der Waals surface area contributed by atoms with Gasteiger partial charge in [-0.05, 0) is 46.9 Å². The maximum absolute atomic E-state index is 11.0. The Morgan fingerprint density at radius 1 is 1.06 bits per heavy atom. The van der Waals surface area contributed by atoms with E-state index in [1.54, 1.807) is 6.08 Å². The fourth-order valence-electron chi connectivity index (χ4n) is 2.35. The highest BCUT2D eigenvalue weighted by Gasteiger charge is 2.15.